The second kappa shape index (κ2) is 29.3. The van der Waals surface area contributed by atoms with Gasteiger partial charge < -0.3 is 0 Å². The number of aromatic nitrogens is 16. The monoisotopic (exact) mass is 1430 g/mol. The molecule has 0 saturated heterocycles. The first kappa shape index (κ1) is 65.8. The molecule has 0 aliphatic carbocycles. The van der Waals surface area contributed by atoms with Crippen molar-refractivity contribution in [1.82, 2.24) is 79.7 Å². The fourth-order valence-corrected chi connectivity index (χ4v) is 16.5. The summed E-state index contributed by atoms with van der Waals surface area (Å²) in [6, 6.07) is -14.6. The zero-order valence-electron chi connectivity index (χ0n) is 48.5. The van der Waals surface area contributed by atoms with Crippen LogP contribution in [0.1, 0.15) is 97.3 Å². The first-order valence-electron chi connectivity index (χ1n) is 28.3. The van der Waals surface area contributed by atoms with Crippen LogP contribution in [-0.2, 0) is 98.2 Å². The maximum atomic E-state index is 16.2. The van der Waals surface area contributed by atoms with Crippen molar-refractivity contribution in [3.63, 3.8) is 0 Å². The molecular weight excluding hydrogens is 1370 g/mol. The van der Waals surface area contributed by atoms with Crippen LogP contribution in [0.3, 0.4) is 0 Å². The molecule has 1 aromatic carbocycles. The summed E-state index contributed by atoms with van der Waals surface area (Å²) < 4.78 is 5.72. The first-order valence-corrected chi connectivity index (χ1v) is 33.2. The van der Waals surface area contributed by atoms with Crippen LogP contribution >= 0.6 is 0 Å². The number of benzene rings is 1. The van der Waals surface area contributed by atoms with E-state index in [0.29, 0.717) is 0 Å². The van der Waals surface area contributed by atoms with Gasteiger partial charge in [-0.3, -0.25) is 0 Å². The fraction of sp³-hybridized carbons (Fsp3) is 0.304. The van der Waals surface area contributed by atoms with Crippen molar-refractivity contribution < 1.29 is 70.8 Å². The summed E-state index contributed by atoms with van der Waals surface area (Å²) >= 11 is -4.94. The number of ketones is 8. The van der Waals surface area contributed by atoms with Gasteiger partial charge in [-0.25, -0.2) is 0 Å². The van der Waals surface area contributed by atoms with Gasteiger partial charge in [0.1, 0.15) is 0 Å². The molecule has 34 nitrogen and oxygen atoms in total. The quantitative estimate of drug-likeness (QED) is 0.0102. The molecular formula is C56H64HgN24O10. The zero-order valence-corrected chi connectivity index (χ0v) is 54.0. The third-order valence-electron chi connectivity index (χ3n) is 15.2. The number of hydrogen-bond acceptors (Lipinski definition) is 26. The number of aromatic amines is 8. The summed E-state index contributed by atoms with van der Waals surface area (Å²) in [5.74, 6) is -12.7. The van der Waals surface area contributed by atoms with Crippen LogP contribution < -0.4 is 48.9 Å². The van der Waals surface area contributed by atoms with Gasteiger partial charge in [0, 0.05) is 0 Å². The normalized spacial score (nSPS) is 14.3. The van der Waals surface area contributed by atoms with Crippen LogP contribution in [0.5, 0.6) is 0 Å². The van der Waals surface area contributed by atoms with Crippen LogP contribution in [0.25, 0.3) is 0 Å². The molecule has 0 fully saturated rings. The molecule has 35 heteroatoms. The molecule has 9 aromatic rings. The molecule has 8 atom stereocenters. The average molecular weight is 1430 g/mol. The van der Waals surface area contributed by atoms with Crippen molar-refractivity contribution in [2.75, 3.05) is 0 Å². The van der Waals surface area contributed by atoms with E-state index in [1.165, 1.54) is 100 Å². The fourth-order valence-electron chi connectivity index (χ4n) is 10.7. The van der Waals surface area contributed by atoms with E-state index >= 15 is 43.2 Å². The molecule has 0 unspecified atom stereocenters. The number of carbonyl (C=O) groups excluding carboxylic acids is 9. The van der Waals surface area contributed by atoms with E-state index in [4.69, 9.17) is 48.5 Å². The molecule has 0 aliphatic rings. The summed E-state index contributed by atoms with van der Waals surface area (Å²) in [7, 11) is 0. The van der Waals surface area contributed by atoms with Gasteiger partial charge in [0.05, 0.1) is 0 Å². The number of nitrogens with two attached hydrogens (primary N) is 8. The Hall–Kier alpha value is -9.65. The Bertz CT molecular complexity index is 3700. The number of Topliss-reactive ketones (excluding diaryl/α,β-unsaturated/α-hetero) is 8. The number of hydrogen-bond donors (Lipinski definition) is 16. The van der Waals surface area contributed by atoms with Gasteiger partial charge in [0.15, 0.2) is 0 Å². The van der Waals surface area contributed by atoms with E-state index in [1.54, 1.807) is 0 Å². The first-order chi connectivity index (χ1) is 43.7. The van der Waals surface area contributed by atoms with Crippen LogP contribution in [0.4, 0.5) is 0 Å². The van der Waals surface area contributed by atoms with E-state index in [1.807, 2.05) is 0 Å². The Morgan fingerprint density at radius 1 is 0.319 bits per heavy atom. The van der Waals surface area contributed by atoms with Crippen molar-refractivity contribution in [3.8, 4) is 0 Å². The van der Waals surface area contributed by atoms with E-state index in [0.717, 1.165) is 0 Å². The number of nitrogens with zero attached hydrogens (tertiary/aromatic N) is 8. The van der Waals surface area contributed by atoms with Gasteiger partial charge in [-0.15, -0.1) is 0 Å². The molecule has 24 N–H and O–H groups in total. The van der Waals surface area contributed by atoms with Gasteiger partial charge in [-0.1, -0.05) is 0 Å². The second-order valence-electron chi connectivity index (χ2n) is 21.7. The number of imidazole rings is 8. The number of nitrogens with one attached hydrogen (secondary N) is 8. The molecule has 8 aromatic heterocycles. The summed E-state index contributed by atoms with van der Waals surface area (Å²) in [6.07, 6.45) is 17.6. The summed E-state index contributed by atoms with van der Waals surface area (Å²) in [5, 5.41) is 0. The van der Waals surface area contributed by atoms with E-state index in [-0.39, 0.29) is 77.7 Å². The SMILES string of the molecule is N[C@@H](Cc1cnc[nH]1)C(=O)c1[c]([Hg][O]C(=O)C(C(=O)[C@@H](N)Cc2cnc[nH]2)(C(=O)[C@@H](N)Cc2cnc[nH]2)C(=O)[C@@H](N)Cc2cnc[nH]2)c(C(=O)[C@@H](N)Cc2cnc[nH]2)c(C(=O)[C@@H](N)Cc2cnc[nH]2)c(C(=O)[C@@H](N)Cc2cnc[nH]2)c1C(=O)[C@@H](N)Cc1cnc[nH]1. The summed E-state index contributed by atoms with van der Waals surface area (Å²) in [5.41, 5.74) is 48.1. The summed E-state index contributed by atoms with van der Waals surface area (Å²) in [6.45, 7) is 0. The predicted octanol–water partition coefficient (Wildman–Crippen LogP) is -4.20. The van der Waals surface area contributed by atoms with Crippen LogP contribution in [0.2, 0.25) is 0 Å². The van der Waals surface area contributed by atoms with Crippen molar-refractivity contribution in [1.29, 1.82) is 0 Å². The average Bonchev–Trinajstić information content (AvgIpc) is 1.73. The summed E-state index contributed by atoms with van der Waals surface area (Å²) in [4.78, 5) is 198. The Labute approximate surface area is 527 Å². The Morgan fingerprint density at radius 2 is 0.505 bits per heavy atom. The number of H-pyrrole nitrogens is 8. The minimum atomic E-state index is -4.94. The Balaban J connectivity index is 1.36. The number of rotatable bonds is 35. The molecule has 0 amide bonds. The predicted molar refractivity (Wildman–Crippen MR) is 313 cm³/mol. The van der Waals surface area contributed by atoms with E-state index in [2.05, 4.69) is 79.7 Å². The minimum absolute atomic E-state index is 0.209. The van der Waals surface area contributed by atoms with Crippen molar-refractivity contribution in [2.24, 2.45) is 51.3 Å². The molecule has 0 bridgehead atoms. The number of carbonyl (C=O) groups is 9. The maximum absolute atomic E-state index is 16.2. The molecule has 91 heavy (non-hydrogen) atoms. The zero-order chi connectivity index (χ0) is 65.1. The van der Waals surface area contributed by atoms with Gasteiger partial charge in [-0.2, -0.15) is 0 Å². The molecule has 0 aliphatic heterocycles. The molecule has 8 heterocycles. The third-order valence-corrected chi connectivity index (χ3v) is 20.7. The van der Waals surface area contributed by atoms with Crippen LogP contribution in [-0.4, -0.2) is 180 Å². The standard InChI is InChI=1S/C36H40N15O5.C20H25N9O5.Hg/c37-24(1-17-7-42-12-47-17)32(52)22-6-23(33(53)25(38)2-18-8-43-13-48-18)30(35(55)27(40)4-20-10-45-15-50-20)31(36(56)28(41)5-21-11-46-16-51-21)29(22)34(54)26(39)3-19-9-44-14-49-19;21-13(1-10-4-24-7-27-10)16(30)20(19(33)34,17(31)14(22)2-11-5-25-8-28-11)18(32)15(23)3-12-6-26-9-29-12;/h7-16,24-28H,1-5,37-41H2,(H,42,47)(H,43,48)(H,44,49)(H,45,50)(H,46,51);4-9,13-15H,1-3,21-23H2,(H,24,27)(H,25,28)(H,26,29)(H,33,34);/q;;+1/p-1/t24-,25-,26-,27-,28-;13-,14-,15-;/m00./s1. The van der Waals surface area contributed by atoms with E-state index in [9.17, 15) is 0 Å². The topological polar surface area (TPSA) is 600 Å². The molecule has 9 rings (SSSR count). The van der Waals surface area contributed by atoms with Gasteiger partial charge in [-0.05, 0) is 0 Å². The molecule has 0 spiro atoms. The van der Waals surface area contributed by atoms with E-state index < -0.39 is 181 Å². The van der Waals surface area contributed by atoms with Crippen LogP contribution in [0.15, 0.2) is 100 Å². The van der Waals surface area contributed by atoms with Crippen molar-refractivity contribution in [2.45, 2.75) is 99.7 Å². The third kappa shape index (κ3) is 14.7. The van der Waals surface area contributed by atoms with Gasteiger partial charge in [0.25, 0.3) is 0 Å². The van der Waals surface area contributed by atoms with Crippen LogP contribution in [0, 0.1) is 5.41 Å². The Morgan fingerprint density at radius 3 is 0.703 bits per heavy atom. The molecule has 470 valence electrons. The van der Waals surface area contributed by atoms with Crippen molar-refractivity contribution in [3.05, 3.63) is 174 Å². The Kier molecular flexibility index (Phi) is 21.2. The van der Waals surface area contributed by atoms with Gasteiger partial charge in [0.2, 0.25) is 0 Å². The van der Waals surface area contributed by atoms with Crippen molar-refractivity contribution >= 4 is 55.3 Å². The molecule has 0 saturated carbocycles. The molecule has 0 radical (unpaired) electrons. The second-order valence-corrected chi connectivity index (χ2v) is 26.7. The van der Waals surface area contributed by atoms with Gasteiger partial charge >= 0.3 is 530 Å².